The van der Waals surface area contributed by atoms with Crippen LogP contribution in [0.4, 0.5) is 0 Å². The summed E-state index contributed by atoms with van der Waals surface area (Å²) in [4.78, 5) is 42.2. The molecule has 0 N–H and O–H groups in total. The summed E-state index contributed by atoms with van der Waals surface area (Å²) in [5, 5.41) is 0. The molecule has 1 aliphatic carbocycles. The molecule has 1 spiro atoms. The van der Waals surface area contributed by atoms with Gasteiger partial charge >= 0.3 is 0 Å². The molecule has 0 atom stereocenters. The number of carbonyl (C=O) groups is 3. The van der Waals surface area contributed by atoms with Crippen molar-refractivity contribution in [3.63, 3.8) is 0 Å². The minimum atomic E-state index is -0.645. The van der Waals surface area contributed by atoms with E-state index in [1.165, 1.54) is 4.90 Å². The molecule has 0 aromatic heterocycles. The van der Waals surface area contributed by atoms with Gasteiger partial charge in [0, 0.05) is 23.6 Å². The molecule has 2 aromatic rings. The van der Waals surface area contributed by atoms with E-state index in [2.05, 4.69) is 22.0 Å². The van der Waals surface area contributed by atoms with Gasteiger partial charge in [-0.05, 0) is 55.2 Å². The number of imide groups is 1. The van der Waals surface area contributed by atoms with E-state index in [0.717, 1.165) is 15.6 Å². The molecule has 0 bridgehead atoms. The van der Waals surface area contributed by atoms with Crippen LogP contribution in [0.5, 0.6) is 0 Å². The van der Waals surface area contributed by atoms with Crippen LogP contribution in [0.3, 0.4) is 0 Å². The number of likely N-dealkylation sites (N-methyl/N-ethyl adjacent to an activating group) is 1. The van der Waals surface area contributed by atoms with Gasteiger partial charge in [-0.1, -0.05) is 34.1 Å². The molecular formula is C22H19BrN2O3. The van der Waals surface area contributed by atoms with Gasteiger partial charge in [-0.2, -0.15) is 0 Å². The summed E-state index contributed by atoms with van der Waals surface area (Å²) in [6, 6.07) is 12.8. The van der Waals surface area contributed by atoms with Gasteiger partial charge in [-0.3, -0.25) is 19.3 Å². The van der Waals surface area contributed by atoms with Crippen LogP contribution in [0.25, 0.3) is 0 Å². The number of nitrogens with zero attached hydrogens (tertiary/aromatic N) is 2. The highest BCUT2D eigenvalue weighted by Gasteiger charge is 2.59. The molecule has 0 radical (unpaired) electrons. The zero-order valence-corrected chi connectivity index (χ0v) is 17.0. The molecule has 1 saturated carbocycles. The van der Waals surface area contributed by atoms with E-state index < -0.39 is 5.41 Å². The van der Waals surface area contributed by atoms with Gasteiger partial charge in [0.1, 0.15) is 0 Å². The predicted octanol–water partition coefficient (Wildman–Crippen LogP) is 3.51. The Hall–Kier alpha value is -2.47. The maximum atomic E-state index is 13.3. The molecule has 2 aromatic carbocycles. The van der Waals surface area contributed by atoms with Gasteiger partial charge in [0.15, 0.2) is 0 Å². The second kappa shape index (κ2) is 6.01. The van der Waals surface area contributed by atoms with Gasteiger partial charge in [-0.15, -0.1) is 0 Å². The third-order valence-corrected chi connectivity index (χ3v) is 6.88. The molecule has 6 heteroatoms. The van der Waals surface area contributed by atoms with Crippen molar-refractivity contribution in [1.82, 2.24) is 9.80 Å². The third-order valence-electron chi connectivity index (χ3n) is 6.39. The quantitative estimate of drug-likeness (QED) is 0.674. The highest BCUT2D eigenvalue weighted by atomic mass is 79.9. The Kier molecular flexibility index (Phi) is 3.78. The fourth-order valence-electron chi connectivity index (χ4n) is 4.94. The number of rotatable bonds is 2. The molecule has 28 heavy (non-hydrogen) atoms. The first-order valence-electron chi connectivity index (χ1n) is 9.51. The summed E-state index contributed by atoms with van der Waals surface area (Å²) < 4.78 is 0.938. The fraction of sp³-hybridized carbons (Fsp3) is 0.318. The molecular weight excluding hydrogens is 420 g/mol. The van der Waals surface area contributed by atoms with Crippen LogP contribution in [0.2, 0.25) is 0 Å². The lowest BCUT2D eigenvalue weighted by Crippen LogP contribution is -2.63. The van der Waals surface area contributed by atoms with Gasteiger partial charge in [-0.25, -0.2) is 0 Å². The summed E-state index contributed by atoms with van der Waals surface area (Å²) in [7, 11) is 0. The Morgan fingerprint density at radius 3 is 2.29 bits per heavy atom. The lowest BCUT2D eigenvalue weighted by atomic mass is 9.58. The number of benzene rings is 2. The van der Waals surface area contributed by atoms with Crippen molar-refractivity contribution in [2.24, 2.45) is 0 Å². The second-order valence-corrected chi connectivity index (χ2v) is 8.71. The molecule has 5 rings (SSSR count). The first-order chi connectivity index (χ1) is 13.5. The zero-order chi connectivity index (χ0) is 19.6. The summed E-state index contributed by atoms with van der Waals surface area (Å²) in [6.07, 6.45) is 0.967. The van der Waals surface area contributed by atoms with Crippen molar-refractivity contribution in [1.29, 1.82) is 0 Å². The van der Waals surface area contributed by atoms with Crippen molar-refractivity contribution in [2.45, 2.75) is 37.8 Å². The summed E-state index contributed by atoms with van der Waals surface area (Å²) in [5.41, 5.74) is 2.45. The Morgan fingerprint density at radius 1 is 1.04 bits per heavy atom. The number of hydrogen-bond acceptors (Lipinski definition) is 3. The largest absolute Gasteiger partial charge is 0.338 e. The molecule has 142 valence electrons. The van der Waals surface area contributed by atoms with Crippen LogP contribution < -0.4 is 0 Å². The maximum absolute atomic E-state index is 13.3. The van der Waals surface area contributed by atoms with Crippen LogP contribution in [-0.4, -0.2) is 40.1 Å². The smallest absolute Gasteiger partial charge is 0.261 e. The lowest BCUT2D eigenvalue weighted by Gasteiger charge is -2.53. The minimum Gasteiger partial charge on any atom is -0.338 e. The minimum absolute atomic E-state index is 0.105. The molecule has 3 aliphatic rings. The predicted molar refractivity (Wildman–Crippen MR) is 107 cm³/mol. The molecule has 2 aliphatic heterocycles. The van der Waals surface area contributed by atoms with Gasteiger partial charge in [0.25, 0.3) is 11.8 Å². The van der Waals surface area contributed by atoms with Crippen molar-refractivity contribution in [2.75, 3.05) is 6.54 Å². The summed E-state index contributed by atoms with van der Waals surface area (Å²) in [5.74, 6) is -0.385. The highest BCUT2D eigenvalue weighted by Crippen LogP contribution is 2.52. The SMILES string of the molecule is CCN1Cc2ccc(Br)cc2C2(CC(N3C(=O)c4ccccc4C3=O)C2)C1=O. The Bertz CT molecular complexity index is 1010. The van der Waals surface area contributed by atoms with E-state index in [1.54, 1.807) is 24.3 Å². The fourth-order valence-corrected chi connectivity index (χ4v) is 5.31. The number of amides is 3. The number of hydrogen-bond donors (Lipinski definition) is 0. The first kappa shape index (κ1) is 17.6. The van der Waals surface area contributed by atoms with Crippen LogP contribution in [0.15, 0.2) is 46.9 Å². The van der Waals surface area contributed by atoms with Crippen LogP contribution in [0.1, 0.15) is 51.6 Å². The summed E-state index contributed by atoms with van der Waals surface area (Å²) in [6.45, 7) is 3.24. The van der Waals surface area contributed by atoms with Crippen LogP contribution in [-0.2, 0) is 16.8 Å². The van der Waals surface area contributed by atoms with Gasteiger partial charge < -0.3 is 4.90 Å². The molecule has 5 nitrogen and oxygen atoms in total. The van der Waals surface area contributed by atoms with E-state index in [9.17, 15) is 14.4 Å². The maximum Gasteiger partial charge on any atom is 0.261 e. The Morgan fingerprint density at radius 2 is 1.68 bits per heavy atom. The van der Waals surface area contributed by atoms with Crippen molar-refractivity contribution >= 4 is 33.7 Å². The molecule has 3 amide bonds. The number of fused-ring (bicyclic) bond motifs is 3. The van der Waals surface area contributed by atoms with Crippen molar-refractivity contribution < 1.29 is 14.4 Å². The third kappa shape index (κ3) is 2.21. The van der Waals surface area contributed by atoms with Gasteiger partial charge in [0.2, 0.25) is 5.91 Å². The molecule has 2 heterocycles. The van der Waals surface area contributed by atoms with E-state index in [1.807, 2.05) is 24.0 Å². The van der Waals surface area contributed by atoms with Crippen molar-refractivity contribution in [3.8, 4) is 0 Å². The number of halogens is 1. The Balaban J connectivity index is 1.50. The molecule has 0 unspecified atom stereocenters. The molecule has 1 fully saturated rings. The standard InChI is InChI=1S/C22H19BrN2O3/c1-2-24-12-13-7-8-14(23)9-18(13)22(21(24)28)10-15(11-22)25-19(26)16-5-3-4-6-17(16)20(25)27/h3-9,15H,2,10-12H2,1H3. The average molecular weight is 439 g/mol. The zero-order valence-electron chi connectivity index (χ0n) is 15.4. The van der Waals surface area contributed by atoms with E-state index in [0.29, 0.717) is 37.1 Å². The van der Waals surface area contributed by atoms with Gasteiger partial charge in [0.05, 0.1) is 16.5 Å². The highest BCUT2D eigenvalue weighted by molar-refractivity contribution is 9.10. The average Bonchev–Trinajstić information content (AvgIpc) is 2.91. The lowest BCUT2D eigenvalue weighted by molar-refractivity contribution is -0.145. The van der Waals surface area contributed by atoms with E-state index in [-0.39, 0.29) is 23.8 Å². The summed E-state index contributed by atoms with van der Waals surface area (Å²) >= 11 is 3.52. The second-order valence-electron chi connectivity index (χ2n) is 7.79. The normalized spacial score (nSPS) is 25.8. The molecule has 0 saturated heterocycles. The topological polar surface area (TPSA) is 57.7 Å². The first-order valence-corrected chi connectivity index (χ1v) is 10.3. The monoisotopic (exact) mass is 438 g/mol. The van der Waals surface area contributed by atoms with E-state index in [4.69, 9.17) is 0 Å². The number of carbonyl (C=O) groups excluding carboxylic acids is 3. The Labute approximate surface area is 171 Å². The van der Waals surface area contributed by atoms with Crippen LogP contribution in [0, 0.1) is 0 Å². The van der Waals surface area contributed by atoms with Crippen molar-refractivity contribution in [3.05, 3.63) is 69.2 Å². The van der Waals surface area contributed by atoms with Crippen LogP contribution >= 0.6 is 15.9 Å². The van der Waals surface area contributed by atoms with E-state index >= 15 is 0 Å².